The molecule has 0 radical (unpaired) electrons. The fourth-order valence-corrected chi connectivity index (χ4v) is 1.30. The molecule has 0 spiro atoms. The van der Waals surface area contributed by atoms with E-state index in [9.17, 15) is 9.90 Å². The number of phenols is 1. The largest absolute Gasteiger partial charge is 0.503 e. The lowest BCUT2D eigenvalue weighted by Gasteiger charge is -2.07. The number of nitrogens with zero attached hydrogens (tertiary/aromatic N) is 1. The summed E-state index contributed by atoms with van der Waals surface area (Å²) in [7, 11) is 1.37. The molecule has 0 aromatic heterocycles. The maximum absolute atomic E-state index is 10.4. The van der Waals surface area contributed by atoms with Crippen LogP contribution in [0, 0.1) is 11.3 Å². The summed E-state index contributed by atoms with van der Waals surface area (Å²) < 4.78 is 4.89. The van der Waals surface area contributed by atoms with Crippen molar-refractivity contribution in [1.29, 1.82) is 5.26 Å². The molecule has 0 amide bonds. The van der Waals surface area contributed by atoms with Crippen LogP contribution < -0.4 is 4.74 Å². The van der Waals surface area contributed by atoms with Crippen LogP contribution in [0.5, 0.6) is 11.5 Å². The number of nitriles is 1. The second-order valence-electron chi connectivity index (χ2n) is 3.20. The number of aliphatic carboxylic acids is 1. The summed E-state index contributed by atoms with van der Waals surface area (Å²) >= 11 is 0. The maximum Gasteiger partial charge on any atom is 0.303 e. The van der Waals surface area contributed by atoms with Crippen LogP contribution in [0.1, 0.15) is 17.5 Å². The topological polar surface area (TPSA) is 90.5 Å². The number of carbonyl (C=O) groups is 1. The van der Waals surface area contributed by atoms with Gasteiger partial charge in [0.05, 0.1) is 12.7 Å². The van der Waals surface area contributed by atoms with E-state index in [0.29, 0.717) is 12.0 Å². The van der Waals surface area contributed by atoms with Crippen LogP contribution >= 0.6 is 0 Å². The quantitative estimate of drug-likeness (QED) is 0.799. The first-order valence-electron chi connectivity index (χ1n) is 4.60. The number of phenolic OH excluding ortho intramolecular Hbond substituents is 1. The lowest BCUT2D eigenvalue weighted by molar-refractivity contribution is -0.136. The van der Waals surface area contributed by atoms with Gasteiger partial charge in [-0.05, 0) is 24.1 Å². The molecule has 1 aromatic carbocycles. The number of hydrogen-bond acceptors (Lipinski definition) is 4. The van der Waals surface area contributed by atoms with Crippen molar-refractivity contribution in [2.75, 3.05) is 7.11 Å². The Hall–Kier alpha value is -2.22. The SMILES string of the molecule is COc1cc(CCC(=O)O)cc(C#N)c1O. The standard InChI is InChI=1S/C11H11NO4/c1-16-9-5-7(2-3-10(13)14)4-8(6-12)11(9)15/h4-5,15H,2-3H2,1H3,(H,13,14). The summed E-state index contributed by atoms with van der Waals surface area (Å²) in [5.74, 6) is -0.950. The van der Waals surface area contributed by atoms with E-state index in [1.807, 2.05) is 6.07 Å². The molecule has 0 aliphatic carbocycles. The molecular formula is C11H11NO4. The first-order chi connectivity index (χ1) is 7.58. The fourth-order valence-electron chi connectivity index (χ4n) is 1.30. The minimum absolute atomic E-state index is 0.0290. The molecule has 1 rings (SSSR count). The third-order valence-corrected chi connectivity index (χ3v) is 2.10. The average Bonchev–Trinajstić information content (AvgIpc) is 2.27. The van der Waals surface area contributed by atoms with Crippen LogP contribution in [0.3, 0.4) is 0 Å². The van der Waals surface area contributed by atoms with Gasteiger partial charge in [-0.15, -0.1) is 0 Å². The van der Waals surface area contributed by atoms with Gasteiger partial charge in [-0.1, -0.05) is 0 Å². The molecule has 0 heterocycles. The van der Waals surface area contributed by atoms with E-state index in [1.54, 1.807) is 0 Å². The minimum atomic E-state index is -0.912. The molecule has 0 bridgehead atoms. The van der Waals surface area contributed by atoms with Gasteiger partial charge in [-0.2, -0.15) is 5.26 Å². The summed E-state index contributed by atoms with van der Waals surface area (Å²) in [6.45, 7) is 0. The van der Waals surface area contributed by atoms with E-state index in [4.69, 9.17) is 15.1 Å². The highest BCUT2D eigenvalue weighted by atomic mass is 16.5. The summed E-state index contributed by atoms with van der Waals surface area (Å²) in [6, 6.07) is 4.81. The van der Waals surface area contributed by atoms with Crippen molar-refractivity contribution >= 4 is 5.97 Å². The van der Waals surface area contributed by atoms with Crippen molar-refractivity contribution in [2.24, 2.45) is 0 Å². The Morgan fingerprint density at radius 2 is 2.25 bits per heavy atom. The van der Waals surface area contributed by atoms with E-state index in [-0.39, 0.29) is 23.5 Å². The van der Waals surface area contributed by atoms with Gasteiger partial charge in [0.2, 0.25) is 0 Å². The summed E-state index contributed by atoms with van der Waals surface area (Å²) in [6.07, 6.45) is 0.263. The number of aryl methyl sites for hydroxylation is 1. The van der Waals surface area contributed by atoms with E-state index in [0.717, 1.165) is 0 Å². The van der Waals surface area contributed by atoms with Gasteiger partial charge in [0.1, 0.15) is 6.07 Å². The summed E-state index contributed by atoms with van der Waals surface area (Å²) in [5, 5.41) is 26.8. The molecule has 0 aliphatic heterocycles. The Kier molecular flexibility index (Phi) is 3.72. The third-order valence-electron chi connectivity index (χ3n) is 2.10. The highest BCUT2D eigenvalue weighted by molar-refractivity contribution is 5.67. The Bertz CT molecular complexity index is 448. The Morgan fingerprint density at radius 1 is 1.56 bits per heavy atom. The maximum atomic E-state index is 10.4. The number of methoxy groups -OCH3 is 1. The zero-order valence-electron chi connectivity index (χ0n) is 8.73. The highest BCUT2D eigenvalue weighted by Gasteiger charge is 2.10. The predicted molar refractivity (Wildman–Crippen MR) is 55.3 cm³/mol. The van der Waals surface area contributed by atoms with Gasteiger partial charge in [0, 0.05) is 6.42 Å². The van der Waals surface area contributed by atoms with Gasteiger partial charge in [-0.25, -0.2) is 0 Å². The Morgan fingerprint density at radius 3 is 2.75 bits per heavy atom. The van der Waals surface area contributed by atoms with Gasteiger partial charge < -0.3 is 14.9 Å². The molecule has 84 valence electrons. The molecule has 0 atom stereocenters. The van der Waals surface area contributed by atoms with E-state index in [2.05, 4.69) is 0 Å². The zero-order chi connectivity index (χ0) is 12.1. The Labute approximate surface area is 92.5 Å². The molecule has 5 nitrogen and oxygen atoms in total. The fraction of sp³-hybridized carbons (Fsp3) is 0.273. The number of aromatic hydroxyl groups is 1. The van der Waals surface area contributed by atoms with Crippen molar-refractivity contribution < 1.29 is 19.7 Å². The second-order valence-corrected chi connectivity index (χ2v) is 3.20. The molecule has 1 aromatic rings. The number of carboxylic acids is 1. The molecule has 0 saturated carbocycles. The average molecular weight is 221 g/mol. The molecule has 16 heavy (non-hydrogen) atoms. The lowest BCUT2D eigenvalue weighted by Crippen LogP contribution is -1.98. The van der Waals surface area contributed by atoms with Crippen molar-refractivity contribution in [3.63, 3.8) is 0 Å². The predicted octanol–water partition coefficient (Wildman–Crippen LogP) is 1.29. The first kappa shape index (κ1) is 11.9. The van der Waals surface area contributed by atoms with Gasteiger partial charge in [-0.3, -0.25) is 4.79 Å². The molecular weight excluding hydrogens is 210 g/mol. The number of carboxylic acid groups (broad SMARTS) is 1. The summed E-state index contributed by atoms with van der Waals surface area (Å²) in [5.41, 5.74) is 0.730. The van der Waals surface area contributed by atoms with Crippen LogP contribution in [0.25, 0.3) is 0 Å². The summed E-state index contributed by atoms with van der Waals surface area (Å²) in [4.78, 5) is 10.4. The molecule has 0 aliphatic rings. The molecule has 5 heteroatoms. The van der Waals surface area contributed by atoms with Gasteiger partial charge >= 0.3 is 5.97 Å². The van der Waals surface area contributed by atoms with Crippen LogP contribution in [-0.4, -0.2) is 23.3 Å². The van der Waals surface area contributed by atoms with E-state index < -0.39 is 5.97 Å². The van der Waals surface area contributed by atoms with Crippen LogP contribution in [0.2, 0.25) is 0 Å². The first-order valence-corrected chi connectivity index (χ1v) is 4.60. The van der Waals surface area contributed by atoms with Gasteiger partial charge in [0.15, 0.2) is 11.5 Å². The van der Waals surface area contributed by atoms with Crippen molar-refractivity contribution in [1.82, 2.24) is 0 Å². The Balaban J connectivity index is 3.03. The highest BCUT2D eigenvalue weighted by Crippen LogP contribution is 2.31. The number of hydrogen-bond donors (Lipinski definition) is 2. The zero-order valence-corrected chi connectivity index (χ0v) is 8.73. The number of ether oxygens (including phenoxy) is 1. The van der Waals surface area contributed by atoms with E-state index in [1.165, 1.54) is 19.2 Å². The van der Waals surface area contributed by atoms with Crippen LogP contribution in [0.15, 0.2) is 12.1 Å². The van der Waals surface area contributed by atoms with Crippen molar-refractivity contribution in [3.05, 3.63) is 23.3 Å². The molecule has 0 saturated heterocycles. The lowest BCUT2D eigenvalue weighted by atomic mass is 10.1. The monoisotopic (exact) mass is 221 g/mol. The third kappa shape index (κ3) is 2.64. The van der Waals surface area contributed by atoms with E-state index >= 15 is 0 Å². The van der Waals surface area contributed by atoms with Crippen molar-refractivity contribution in [3.8, 4) is 17.6 Å². The molecule has 2 N–H and O–H groups in total. The van der Waals surface area contributed by atoms with Crippen LogP contribution in [-0.2, 0) is 11.2 Å². The minimum Gasteiger partial charge on any atom is -0.503 e. The molecule has 0 fully saturated rings. The van der Waals surface area contributed by atoms with Gasteiger partial charge in [0.25, 0.3) is 0 Å². The normalized spacial score (nSPS) is 9.50. The molecule has 0 unspecified atom stereocenters. The number of benzene rings is 1. The smallest absolute Gasteiger partial charge is 0.303 e. The van der Waals surface area contributed by atoms with Crippen molar-refractivity contribution in [2.45, 2.75) is 12.8 Å². The van der Waals surface area contributed by atoms with Crippen LogP contribution in [0.4, 0.5) is 0 Å². The second kappa shape index (κ2) is 5.03. The number of rotatable bonds is 4.